The van der Waals surface area contributed by atoms with Crippen LogP contribution in [0.4, 0.5) is 4.39 Å². The minimum atomic E-state index is -0.347. The highest BCUT2D eigenvalue weighted by Gasteiger charge is 2.16. The summed E-state index contributed by atoms with van der Waals surface area (Å²) in [5, 5.41) is 1.57. The number of benzene rings is 2. The predicted octanol–water partition coefficient (Wildman–Crippen LogP) is 4.40. The number of halogens is 4. The van der Waals surface area contributed by atoms with Crippen molar-refractivity contribution in [2.45, 2.75) is 18.9 Å². The van der Waals surface area contributed by atoms with Gasteiger partial charge in [0.15, 0.2) is 0 Å². The third-order valence-electron chi connectivity index (χ3n) is 3.22. The quantitative estimate of drug-likeness (QED) is 0.621. The van der Waals surface area contributed by atoms with E-state index in [4.69, 9.17) is 40.6 Å². The van der Waals surface area contributed by atoms with Gasteiger partial charge in [0.05, 0.1) is 0 Å². The van der Waals surface area contributed by atoms with E-state index < -0.39 is 0 Å². The molecule has 0 aliphatic heterocycles. The van der Waals surface area contributed by atoms with Crippen LogP contribution in [-0.4, -0.2) is 6.04 Å². The van der Waals surface area contributed by atoms with Crippen molar-refractivity contribution in [2.75, 3.05) is 0 Å². The van der Waals surface area contributed by atoms with Crippen LogP contribution in [0.1, 0.15) is 11.1 Å². The van der Waals surface area contributed by atoms with E-state index in [9.17, 15) is 4.39 Å². The second-order valence-corrected chi connectivity index (χ2v) is 5.96. The van der Waals surface area contributed by atoms with Crippen LogP contribution >= 0.6 is 34.8 Å². The molecule has 0 bridgehead atoms. The van der Waals surface area contributed by atoms with E-state index in [0.717, 1.165) is 5.56 Å². The van der Waals surface area contributed by atoms with Crippen LogP contribution in [0.5, 0.6) is 0 Å². The average molecular weight is 348 g/mol. The van der Waals surface area contributed by atoms with Crippen molar-refractivity contribution in [3.05, 3.63) is 68.4 Å². The van der Waals surface area contributed by atoms with Gasteiger partial charge in [-0.15, -0.1) is 0 Å². The Balaban J connectivity index is 2.19. The van der Waals surface area contributed by atoms with E-state index in [1.54, 1.807) is 30.3 Å². The highest BCUT2D eigenvalue weighted by atomic mass is 35.5. The summed E-state index contributed by atoms with van der Waals surface area (Å²) in [5.41, 5.74) is 3.95. The van der Waals surface area contributed by atoms with Crippen molar-refractivity contribution in [2.24, 2.45) is 5.84 Å². The van der Waals surface area contributed by atoms with Crippen LogP contribution in [0, 0.1) is 5.82 Å². The standard InChI is InChI=1S/C15H14Cl3FN2/c16-10-4-5-13(17)9(6-10)7-11(21-20)8-12-14(18)2-1-3-15(12)19/h1-6,11,21H,7-8,20H2. The predicted molar refractivity (Wildman–Crippen MR) is 86.4 cm³/mol. The van der Waals surface area contributed by atoms with Crippen molar-refractivity contribution in [3.63, 3.8) is 0 Å². The molecule has 1 unspecified atom stereocenters. The Morgan fingerprint density at radius 3 is 2.48 bits per heavy atom. The van der Waals surface area contributed by atoms with E-state index in [-0.39, 0.29) is 11.9 Å². The van der Waals surface area contributed by atoms with E-state index in [1.165, 1.54) is 6.07 Å². The Morgan fingerprint density at radius 2 is 1.81 bits per heavy atom. The van der Waals surface area contributed by atoms with Crippen LogP contribution in [0.15, 0.2) is 36.4 Å². The van der Waals surface area contributed by atoms with Gasteiger partial charge in [-0.05, 0) is 48.7 Å². The topological polar surface area (TPSA) is 38.0 Å². The maximum Gasteiger partial charge on any atom is 0.127 e. The summed E-state index contributed by atoms with van der Waals surface area (Å²) in [4.78, 5) is 0. The molecular weight excluding hydrogens is 334 g/mol. The van der Waals surface area contributed by atoms with Gasteiger partial charge >= 0.3 is 0 Å². The van der Waals surface area contributed by atoms with Gasteiger partial charge in [-0.2, -0.15) is 0 Å². The number of nitrogens with one attached hydrogen (secondary N) is 1. The molecule has 0 fully saturated rings. The van der Waals surface area contributed by atoms with Gasteiger partial charge in [-0.25, -0.2) is 4.39 Å². The molecule has 0 saturated carbocycles. The molecule has 2 nitrogen and oxygen atoms in total. The normalized spacial score (nSPS) is 12.4. The van der Waals surface area contributed by atoms with E-state index >= 15 is 0 Å². The van der Waals surface area contributed by atoms with Gasteiger partial charge in [0, 0.05) is 26.7 Å². The fraction of sp³-hybridized carbons (Fsp3) is 0.200. The van der Waals surface area contributed by atoms with Crippen molar-refractivity contribution in [1.29, 1.82) is 0 Å². The molecule has 0 spiro atoms. The third kappa shape index (κ3) is 4.31. The molecule has 21 heavy (non-hydrogen) atoms. The van der Waals surface area contributed by atoms with Crippen LogP contribution < -0.4 is 11.3 Å². The Kier molecular flexibility index (Phi) is 5.85. The molecule has 112 valence electrons. The first-order chi connectivity index (χ1) is 10.0. The molecule has 0 aliphatic rings. The monoisotopic (exact) mass is 346 g/mol. The number of rotatable bonds is 5. The Hall–Kier alpha value is -0.840. The zero-order valence-corrected chi connectivity index (χ0v) is 13.3. The van der Waals surface area contributed by atoms with E-state index in [2.05, 4.69) is 5.43 Å². The Morgan fingerprint density at radius 1 is 1.05 bits per heavy atom. The molecule has 6 heteroatoms. The smallest absolute Gasteiger partial charge is 0.127 e. The number of hydrogen-bond donors (Lipinski definition) is 2. The highest BCUT2D eigenvalue weighted by molar-refractivity contribution is 6.33. The highest BCUT2D eigenvalue weighted by Crippen LogP contribution is 2.25. The molecule has 0 radical (unpaired) electrons. The fourth-order valence-corrected chi connectivity index (χ4v) is 2.76. The summed E-state index contributed by atoms with van der Waals surface area (Å²) in [7, 11) is 0. The SMILES string of the molecule is NNC(Cc1cc(Cl)ccc1Cl)Cc1c(F)cccc1Cl. The molecular formula is C15H14Cl3FN2. The molecule has 2 rings (SSSR count). The summed E-state index contributed by atoms with van der Waals surface area (Å²) < 4.78 is 13.8. The second-order valence-electron chi connectivity index (χ2n) is 4.71. The van der Waals surface area contributed by atoms with E-state index in [0.29, 0.717) is 33.5 Å². The summed E-state index contributed by atoms with van der Waals surface area (Å²) in [6, 6.07) is 9.60. The summed E-state index contributed by atoms with van der Waals surface area (Å²) in [5.74, 6) is 5.22. The van der Waals surface area contributed by atoms with Gasteiger partial charge in [-0.3, -0.25) is 11.3 Å². The maximum absolute atomic E-state index is 13.8. The molecule has 2 aromatic carbocycles. The number of nitrogens with two attached hydrogens (primary N) is 1. The molecule has 0 aliphatic carbocycles. The van der Waals surface area contributed by atoms with Crippen molar-refractivity contribution < 1.29 is 4.39 Å². The summed E-state index contributed by atoms with van der Waals surface area (Å²) in [6.07, 6.45) is 0.866. The summed E-state index contributed by atoms with van der Waals surface area (Å²) in [6.45, 7) is 0. The van der Waals surface area contributed by atoms with Crippen molar-refractivity contribution in [3.8, 4) is 0 Å². The van der Waals surface area contributed by atoms with Gasteiger partial charge in [-0.1, -0.05) is 40.9 Å². The molecule has 2 aromatic rings. The van der Waals surface area contributed by atoms with Crippen molar-refractivity contribution in [1.82, 2.24) is 5.43 Å². The lowest BCUT2D eigenvalue weighted by molar-refractivity contribution is 0.506. The average Bonchev–Trinajstić information content (AvgIpc) is 2.45. The largest absolute Gasteiger partial charge is 0.271 e. The second kappa shape index (κ2) is 7.43. The van der Waals surface area contributed by atoms with Crippen molar-refractivity contribution >= 4 is 34.8 Å². The first-order valence-electron chi connectivity index (χ1n) is 6.34. The Bertz CT molecular complexity index is 614. The van der Waals surface area contributed by atoms with Gasteiger partial charge in [0.2, 0.25) is 0 Å². The van der Waals surface area contributed by atoms with Gasteiger partial charge in [0.1, 0.15) is 5.82 Å². The third-order valence-corrected chi connectivity index (χ3v) is 4.18. The summed E-state index contributed by atoms with van der Waals surface area (Å²) >= 11 is 18.1. The lowest BCUT2D eigenvalue weighted by atomic mass is 9.99. The molecule has 0 aromatic heterocycles. The molecule has 1 atom stereocenters. The lowest BCUT2D eigenvalue weighted by Gasteiger charge is -2.18. The van der Waals surface area contributed by atoms with Crippen LogP contribution in [0.2, 0.25) is 15.1 Å². The van der Waals surface area contributed by atoms with Crippen LogP contribution in [0.3, 0.4) is 0 Å². The van der Waals surface area contributed by atoms with Gasteiger partial charge in [0.25, 0.3) is 0 Å². The zero-order chi connectivity index (χ0) is 15.4. The minimum absolute atomic E-state index is 0.213. The maximum atomic E-state index is 13.8. The van der Waals surface area contributed by atoms with E-state index in [1.807, 2.05) is 0 Å². The molecule has 0 amide bonds. The lowest BCUT2D eigenvalue weighted by Crippen LogP contribution is -2.38. The fourth-order valence-electron chi connectivity index (χ4n) is 2.13. The van der Waals surface area contributed by atoms with Gasteiger partial charge < -0.3 is 0 Å². The zero-order valence-electron chi connectivity index (χ0n) is 11.0. The molecule has 0 heterocycles. The number of hydrogen-bond acceptors (Lipinski definition) is 2. The van der Waals surface area contributed by atoms with Crippen LogP contribution in [-0.2, 0) is 12.8 Å². The first-order valence-corrected chi connectivity index (χ1v) is 7.47. The Labute approximate surface area is 138 Å². The first kappa shape index (κ1) is 16.5. The number of hydrazine groups is 1. The molecule has 0 saturated heterocycles. The minimum Gasteiger partial charge on any atom is -0.271 e. The van der Waals surface area contributed by atoms with Crippen LogP contribution in [0.25, 0.3) is 0 Å². The molecule has 3 N–H and O–H groups in total.